The molecule has 5 nitrogen and oxygen atoms in total. The van der Waals surface area contributed by atoms with Crippen LogP contribution in [0.3, 0.4) is 0 Å². The SMILES string of the molecule is CNC(=O)c1ccc(N)c(NCCCCCCO)c1. The van der Waals surface area contributed by atoms with E-state index in [0.717, 1.165) is 37.9 Å². The van der Waals surface area contributed by atoms with E-state index in [2.05, 4.69) is 10.6 Å². The quantitative estimate of drug-likeness (QED) is 0.424. The largest absolute Gasteiger partial charge is 0.397 e. The molecule has 0 saturated heterocycles. The van der Waals surface area contributed by atoms with E-state index in [1.54, 1.807) is 25.2 Å². The van der Waals surface area contributed by atoms with Gasteiger partial charge < -0.3 is 21.5 Å². The second kappa shape index (κ2) is 8.37. The molecule has 0 aliphatic heterocycles. The molecule has 1 rings (SSSR count). The summed E-state index contributed by atoms with van der Waals surface area (Å²) < 4.78 is 0. The molecular weight excluding hydrogens is 242 g/mol. The van der Waals surface area contributed by atoms with Crippen molar-refractivity contribution in [3.63, 3.8) is 0 Å². The summed E-state index contributed by atoms with van der Waals surface area (Å²) in [6.45, 7) is 1.07. The van der Waals surface area contributed by atoms with Crippen LogP contribution in [0.5, 0.6) is 0 Å². The van der Waals surface area contributed by atoms with Crippen molar-refractivity contribution < 1.29 is 9.90 Å². The lowest BCUT2D eigenvalue weighted by atomic mass is 10.1. The van der Waals surface area contributed by atoms with Gasteiger partial charge in [-0.15, -0.1) is 0 Å². The molecule has 1 aromatic rings. The average Bonchev–Trinajstić information content (AvgIpc) is 2.43. The molecule has 106 valence electrons. The molecule has 0 atom stereocenters. The van der Waals surface area contributed by atoms with Gasteiger partial charge >= 0.3 is 0 Å². The summed E-state index contributed by atoms with van der Waals surface area (Å²) in [5, 5.41) is 14.5. The number of carbonyl (C=O) groups excluding carboxylic acids is 1. The van der Waals surface area contributed by atoms with Crippen molar-refractivity contribution in [1.82, 2.24) is 5.32 Å². The van der Waals surface area contributed by atoms with Gasteiger partial charge in [0.05, 0.1) is 11.4 Å². The lowest BCUT2D eigenvalue weighted by Gasteiger charge is -2.11. The molecule has 1 aromatic carbocycles. The first-order chi connectivity index (χ1) is 9.19. The molecule has 0 heterocycles. The Kier molecular flexibility index (Phi) is 6.74. The average molecular weight is 265 g/mol. The van der Waals surface area contributed by atoms with Gasteiger partial charge in [0.25, 0.3) is 5.91 Å². The van der Waals surface area contributed by atoms with E-state index in [1.807, 2.05) is 0 Å². The zero-order chi connectivity index (χ0) is 14.1. The van der Waals surface area contributed by atoms with Gasteiger partial charge in [0, 0.05) is 25.8 Å². The number of hydrogen-bond donors (Lipinski definition) is 4. The summed E-state index contributed by atoms with van der Waals surface area (Å²) in [6, 6.07) is 5.21. The number of carbonyl (C=O) groups is 1. The van der Waals surface area contributed by atoms with Crippen molar-refractivity contribution in [1.29, 1.82) is 0 Å². The van der Waals surface area contributed by atoms with E-state index in [1.165, 1.54) is 0 Å². The minimum atomic E-state index is -0.119. The maximum Gasteiger partial charge on any atom is 0.251 e. The Balaban J connectivity index is 2.46. The van der Waals surface area contributed by atoms with Gasteiger partial charge in [-0.2, -0.15) is 0 Å². The number of unbranched alkanes of at least 4 members (excludes halogenated alkanes) is 3. The first-order valence-corrected chi connectivity index (χ1v) is 6.65. The van der Waals surface area contributed by atoms with Gasteiger partial charge in [0.15, 0.2) is 0 Å². The van der Waals surface area contributed by atoms with Gasteiger partial charge in [-0.3, -0.25) is 4.79 Å². The highest BCUT2D eigenvalue weighted by Crippen LogP contribution is 2.20. The van der Waals surface area contributed by atoms with Crippen LogP contribution in [0.2, 0.25) is 0 Å². The topological polar surface area (TPSA) is 87.4 Å². The zero-order valence-corrected chi connectivity index (χ0v) is 11.4. The highest BCUT2D eigenvalue weighted by molar-refractivity contribution is 5.96. The van der Waals surface area contributed by atoms with Crippen molar-refractivity contribution in [2.75, 3.05) is 31.2 Å². The first kappa shape index (κ1) is 15.3. The van der Waals surface area contributed by atoms with Crippen LogP contribution in [-0.2, 0) is 0 Å². The number of nitrogens with one attached hydrogen (secondary N) is 2. The predicted octanol–water partition coefficient (Wildman–Crippen LogP) is 1.59. The van der Waals surface area contributed by atoms with Crippen LogP contribution in [0.1, 0.15) is 36.0 Å². The maximum absolute atomic E-state index is 11.5. The molecule has 0 saturated carbocycles. The van der Waals surface area contributed by atoms with E-state index in [9.17, 15) is 4.79 Å². The van der Waals surface area contributed by atoms with Crippen molar-refractivity contribution in [2.24, 2.45) is 0 Å². The van der Waals surface area contributed by atoms with Gasteiger partial charge in [-0.05, 0) is 31.0 Å². The summed E-state index contributed by atoms with van der Waals surface area (Å²) in [5.41, 5.74) is 7.90. The zero-order valence-electron chi connectivity index (χ0n) is 11.4. The fourth-order valence-electron chi connectivity index (χ4n) is 1.81. The Morgan fingerprint density at radius 2 is 2.00 bits per heavy atom. The number of rotatable bonds is 8. The van der Waals surface area contributed by atoms with Crippen molar-refractivity contribution in [3.8, 4) is 0 Å². The summed E-state index contributed by atoms with van der Waals surface area (Å²) in [7, 11) is 1.60. The van der Waals surface area contributed by atoms with Crippen LogP contribution >= 0.6 is 0 Å². The van der Waals surface area contributed by atoms with Crippen molar-refractivity contribution in [2.45, 2.75) is 25.7 Å². The summed E-state index contributed by atoms with van der Waals surface area (Å²) in [4.78, 5) is 11.5. The Labute approximate surface area is 114 Å². The molecular formula is C14H23N3O2. The number of aliphatic hydroxyl groups excluding tert-OH is 1. The van der Waals surface area contributed by atoms with Crippen LogP contribution < -0.4 is 16.4 Å². The van der Waals surface area contributed by atoms with Crippen molar-refractivity contribution >= 4 is 17.3 Å². The van der Waals surface area contributed by atoms with E-state index in [4.69, 9.17) is 10.8 Å². The molecule has 0 aromatic heterocycles. The molecule has 0 unspecified atom stereocenters. The molecule has 0 bridgehead atoms. The van der Waals surface area contributed by atoms with Gasteiger partial charge in [0.2, 0.25) is 0 Å². The number of benzene rings is 1. The number of hydrogen-bond acceptors (Lipinski definition) is 4. The van der Waals surface area contributed by atoms with E-state index >= 15 is 0 Å². The van der Waals surface area contributed by atoms with Gasteiger partial charge in [0.1, 0.15) is 0 Å². The Hall–Kier alpha value is -1.75. The number of nitrogens with two attached hydrogens (primary N) is 1. The highest BCUT2D eigenvalue weighted by atomic mass is 16.2. The van der Waals surface area contributed by atoms with Crippen molar-refractivity contribution in [3.05, 3.63) is 23.8 Å². The summed E-state index contributed by atoms with van der Waals surface area (Å²) in [5.74, 6) is -0.119. The van der Waals surface area contributed by atoms with Gasteiger partial charge in [-0.25, -0.2) is 0 Å². The van der Waals surface area contributed by atoms with Crippen LogP contribution in [0.4, 0.5) is 11.4 Å². The summed E-state index contributed by atoms with van der Waals surface area (Å²) >= 11 is 0. The fourth-order valence-corrected chi connectivity index (χ4v) is 1.81. The molecule has 5 N–H and O–H groups in total. The molecule has 0 spiro atoms. The third-order valence-electron chi connectivity index (χ3n) is 2.94. The lowest BCUT2D eigenvalue weighted by molar-refractivity contribution is 0.0963. The molecule has 0 radical (unpaired) electrons. The molecule has 0 fully saturated rings. The lowest BCUT2D eigenvalue weighted by Crippen LogP contribution is -2.18. The van der Waals surface area contributed by atoms with Crippen LogP contribution in [0.25, 0.3) is 0 Å². The molecule has 5 heteroatoms. The van der Waals surface area contributed by atoms with Crippen LogP contribution in [0.15, 0.2) is 18.2 Å². The summed E-state index contributed by atoms with van der Waals surface area (Å²) in [6.07, 6.45) is 3.98. The first-order valence-electron chi connectivity index (χ1n) is 6.65. The second-order valence-electron chi connectivity index (χ2n) is 4.45. The predicted molar refractivity (Wildman–Crippen MR) is 78.3 cm³/mol. The smallest absolute Gasteiger partial charge is 0.251 e. The number of aliphatic hydroxyl groups is 1. The monoisotopic (exact) mass is 265 g/mol. The maximum atomic E-state index is 11.5. The molecule has 1 amide bonds. The molecule has 0 aliphatic rings. The Bertz CT molecular complexity index is 408. The minimum absolute atomic E-state index is 0.119. The third-order valence-corrected chi connectivity index (χ3v) is 2.94. The normalized spacial score (nSPS) is 10.2. The molecule has 19 heavy (non-hydrogen) atoms. The number of nitrogen functional groups attached to an aromatic ring is 1. The minimum Gasteiger partial charge on any atom is -0.397 e. The second-order valence-corrected chi connectivity index (χ2v) is 4.45. The third kappa shape index (κ3) is 5.18. The Morgan fingerprint density at radius 1 is 1.26 bits per heavy atom. The number of anilines is 2. The van der Waals surface area contributed by atoms with E-state index in [-0.39, 0.29) is 12.5 Å². The number of amides is 1. The highest BCUT2D eigenvalue weighted by Gasteiger charge is 2.06. The van der Waals surface area contributed by atoms with Gasteiger partial charge in [-0.1, -0.05) is 12.8 Å². The van der Waals surface area contributed by atoms with E-state index in [0.29, 0.717) is 11.3 Å². The van der Waals surface area contributed by atoms with Crippen LogP contribution in [-0.4, -0.2) is 31.2 Å². The molecule has 0 aliphatic carbocycles. The fraction of sp³-hybridized carbons (Fsp3) is 0.500. The van der Waals surface area contributed by atoms with Crippen LogP contribution in [0, 0.1) is 0 Å². The Morgan fingerprint density at radius 3 is 2.68 bits per heavy atom. The standard InChI is InChI=1S/C14H23N3O2/c1-16-14(19)11-6-7-12(15)13(10-11)17-8-4-2-3-5-9-18/h6-7,10,17-18H,2-5,8-9,15H2,1H3,(H,16,19). The van der Waals surface area contributed by atoms with E-state index < -0.39 is 0 Å².